The fraction of sp³-hybridized carbons (Fsp3) is 1.00. The molecule has 3 heteroatoms. The highest BCUT2D eigenvalue weighted by Gasteiger charge is 2.35. The number of hydrogen-bond donors (Lipinski definition) is 1. The molecule has 0 aromatic carbocycles. The summed E-state index contributed by atoms with van der Waals surface area (Å²) < 4.78 is 0. The summed E-state index contributed by atoms with van der Waals surface area (Å²) in [7, 11) is 2.25. The van der Waals surface area contributed by atoms with E-state index in [-0.39, 0.29) is 5.41 Å². The Hall–Kier alpha value is -0.120. The van der Waals surface area contributed by atoms with Gasteiger partial charge in [0.05, 0.1) is 0 Å². The smallest absolute Gasteiger partial charge is 0.0499 e. The van der Waals surface area contributed by atoms with Gasteiger partial charge in [-0.05, 0) is 51.7 Å². The largest absolute Gasteiger partial charge is 0.396 e. The van der Waals surface area contributed by atoms with Crippen LogP contribution in [0.4, 0.5) is 0 Å². The zero-order chi connectivity index (χ0) is 14.6. The predicted octanol–water partition coefficient (Wildman–Crippen LogP) is 2.59. The molecule has 2 rings (SSSR count). The van der Waals surface area contributed by atoms with Crippen molar-refractivity contribution in [3.05, 3.63) is 0 Å². The van der Waals surface area contributed by atoms with E-state index in [0.717, 1.165) is 18.5 Å². The molecule has 1 aliphatic heterocycles. The lowest BCUT2D eigenvalue weighted by molar-refractivity contribution is 0.0307. The van der Waals surface area contributed by atoms with Gasteiger partial charge in [-0.15, -0.1) is 0 Å². The van der Waals surface area contributed by atoms with Crippen LogP contribution in [0, 0.1) is 11.3 Å². The van der Waals surface area contributed by atoms with Crippen LogP contribution in [0.1, 0.15) is 52.4 Å². The maximum Gasteiger partial charge on any atom is 0.0499 e. The average Bonchev–Trinajstić information content (AvgIpc) is 2.88. The van der Waals surface area contributed by atoms with Gasteiger partial charge >= 0.3 is 0 Å². The number of aliphatic hydroxyl groups excluding tert-OH is 1. The Morgan fingerprint density at radius 1 is 1.25 bits per heavy atom. The number of likely N-dealkylation sites (tertiary alicyclic amines) is 1. The van der Waals surface area contributed by atoms with Crippen LogP contribution in [0.15, 0.2) is 0 Å². The third-order valence-corrected chi connectivity index (χ3v) is 5.70. The topological polar surface area (TPSA) is 26.7 Å². The van der Waals surface area contributed by atoms with Gasteiger partial charge in [0.1, 0.15) is 0 Å². The molecule has 20 heavy (non-hydrogen) atoms. The molecule has 3 nitrogen and oxygen atoms in total. The van der Waals surface area contributed by atoms with Gasteiger partial charge in [0.15, 0.2) is 0 Å². The highest BCUT2D eigenvalue weighted by atomic mass is 16.3. The van der Waals surface area contributed by atoms with Gasteiger partial charge in [-0.2, -0.15) is 0 Å². The molecular weight excluding hydrogens is 248 g/mol. The van der Waals surface area contributed by atoms with Crippen molar-refractivity contribution in [3.63, 3.8) is 0 Å². The van der Waals surface area contributed by atoms with Gasteiger partial charge in [-0.3, -0.25) is 4.90 Å². The number of likely N-dealkylation sites (N-methyl/N-ethyl adjacent to an activating group) is 2. The Morgan fingerprint density at radius 2 is 1.95 bits per heavy atom. The van der Waals surface area contributed by atoms with Gasteiger partial charge < -0.3 is 10.0 Å². The summed E-state index contributed by atoms with van der Waals surface area (Å²) in [6, 6.07) is 0.739. The van der Waals surface area contributed by atoms with E-state index in [1.165, 1.54) is 58.2 Å². The van der Waals surface area contributed by atoms with Crippen LogP contribution >= 0.6 is 0 Å². The van der Waals surface area contributed by atoms with Gasteiger partial charge in [0.2, 0.25) is 0 Å². The molecule has 0 bridgehead atoms. The van der Waals surface area contributed by atoms with Gasteiger partial charge in [-0.25, -0.2) is 0 Å². The van der Waals surface area contributed by atoms with E-state index >= 15 is 0 Å². The number of rotatable bonds is 6. The van der Waals surface area contributed by atoms with Gasteiger partial charge in [0, 0.05) is 31.2 Å². The predicted molar refractivity (Wildman–Crippen MR) is 84.9 cm³/mol. The number of nitrogens with zero attached hydrogens (tertiary/aromatic N) is 2. The molecular formula is C17H34N2O. The summed E-state index contributed by atoms with van der Waals surface area (Å²) in [6.07, 6.45) is 7.70. The first-order chi connectivity index (χ1) is 9.58. The summed E-state index contributed by atoms with van der Waals surface area (Å²) in [5.74, 6) is 0.852. The SMILES string of the molecule is CCN1CCCC1CN(C)CC1(CO)CCC(C)CC1. The second-order valence-electron chi connectivity index (χ2n) is 7.46. The second kappa shape index (κ2) is 7.24. The molecule has 0 aromatic rings. The summed E-state index contributed by atoms with van der Waals surface area (Å²) in [6.45, 7) is 9.69. The van der Waals surface area contributed by atoms with Crippen LogP contribution in [0.3, 0.4) is 0 Å². The zero-order valence-electron chi connectivity index (χ0n) is 13.8. The Bertz CT molecular complexity index is 287. The number of aliphatic hydroxyl groups is 1. The van der Waals surface area contributed by atoms with Crippen LogP contribution < -0.4 is 0 Å². The Labute approximate surface area is 125 Å². The molecule has 118 valence electrons. The maximum absolute atomic E-state index is 9.90. The Balaban J connectivity index is 1.84. The summed E-state index contributed by atoms with van der Waals surface area (Å²) in [5.41, 5.74) is 0.177. The maximum atomic E-state index is 9.90. The van der Waals surface area contributed by atoms with Crippen molar-refractivity contribution in [1.82, 2.24) is 9.80 Å². The molecule has 2 aliphatic rings. The highest BCUT2D eigenvalue weighted by Crippen LogP contribution is 2.39. The lowest BCUT2D eigenvalue weighted by Crippen LogP contribution is -2.45. The van der Waals surface area contributed by atoms with Crippen molar-refractivity contribution in [2.75, 3.05) is 39.8 Å². The van der Waals surface area contributed by atoms with E-state index < -0.39 is 0 Å². The minimum atomic E-state index is 0.177. The van der Waals surface area contributed by atoms with E-state index in [0.29, 0.717) is 6.61 Å². The molecule has 2 fully saturated rings. The van der Waals surface area contributed by atoms with Crippen LogP contribution in [0.2, 0.25) is 0 Å². The second-order valence-corrected chi connectivity index (χ2v) is 7.46. The standard InChI is InChI=1S/C17H34N2O/c1-4-19-11-5-6-16(19)12-18(3)13-17(14-20)9-7-15(2)8-10-17/h15-16,20H,4-14H2,1-3H3. The van der Waals surface area contributed by atoms with Crippen molar-refractivity contribution in [2.45, 2.75) is 58.4 Å². The first kappa shape index (κ1) is 16.3. The molecule has 0 radical (unpaired) electrons. The van der Waals surface area contributed by atoms with Crippen LogP contribution in [-0.4, -0.2) is 60.8 Å². The molecule has 0 aromatic heterocycles. The van der Waals surface area contributed by atoms with E-state index in [9.17, 15) is 5.11 Å². The first-order valence-electron chi connectivity index (χ1n) is 8.62. The molecule has 1 heterocycles. The Kier molecular flexibility index (Phi) is 5.88. The van der Waals surface area contributed by atoms with E-state index in [2.05, 4.69) is 30.7 Å². The lowest BCUT2D eigenvalue weighted by atomic mass is 9.71. The fourth-order valence-corrected chi connectivity index (χ4v) is 4.26. The van der Waals surface area contributed by atoms with E-state index in [4.69, 9.17) is 0 Å². The van der Waals surface area contributed by atoms with Crippen LogP contribution in [-0.2, 0) is 0 Å². The zero-order valence-corrected chi connectivity index (χ0v) is 13.8. The third-order valence-electron chi connectivity index (χ3n) is 5.70. The van der Waals surface area contributed by atoms with Crippen LogP contribution in [0.25, 0.3) is 0 Å². The minimum Gasteiger partial charge on any atom is -0.396 e. The minimum absolute atomic E-state index is 0.177. The van der Waals surface area contributed by atoms with E-state index in [1.54, 1.807) is 0 Å². The third kappa shape index (κ3) is 3.96. The molecule has 1 saturated heterocycles. The first-order valence-corrected chi connectivity index (χ1v) is 8.62. The molecule has 1 unspecified atom stereocenters. The average molecular weight is 282 g/mol. The van der Waals surface area contributed by atoms with Crippen molar-refractivity contribution in [3.8, 4) is 0 Å². The normalized spacial score (nSPS) is 35.9. The van der Waals surface area contributed by atoms with Gasteiger partial charge in [-0.1, -0.05) is 26.7 Å². The molecule has 1 atom stereocenters. The summed E-state index contributed by atoms with van der Waals surface area (Å²) in [5, 5.41) is 9.90. The lowest BCUT2D eigenvalue weighted by Gasteiger charge is -2.41. The van der Waals surface area contributed by atoms with Crippen LogP contribution in [0.5, 0.6) is 0 Å². The van der Waals surface area contributed by atoms with Crippen molar-refractivity contribution < 1.29 is 5.11 Å². The number of hydrogen-bond acceptors (Lipinski definition) is 3. The molecule has 1 aliphatic carbocycles. The highest BCUT2D eigenvalue weighted by molar-refractivity contribution is 4.88. The summed E-state index contributed by atoms with van der Waals surface area (Å²) >= 11 is 0. The molecule has 0 spiro atoms. The Morgan fingerprint density at radius 3 is 2.55 bits per heavy atom. The molecule has 1 N–H and O–H groups in total. The quantitative estimate of drug-likeness (QED) is 0.811. The monoisotopic (exact) mass is 282 g/mol. The van der Waals surface area contributed by atoms with Crippen molar-refractivity contribution >= 4 is 0 Å². The molecule has 1 saturated carbocycles. The van der Waals surface area contributed by atoms with Crippen molar-refractivity contribution in [2.24, 2.45) is 11.3 Å². The fourth-order valence-electron chi connectivity index (χ4n) is 4.26. The van der Waals surface area contributed by atoms with Crippen molar-refractivity contribution in [1.29, 1.82) is 0 Å². The van der Waals surface area contributed by atoms with E-state index in [1.807, 2.05) is 0 Å². The van der Waals surface area contributed by atoms with Gasteiger partial charge in [0.25, 0.3) is 0 Å². The summed E-state index contributed by atoms with van der Waals surface area (Å²) in [4.78, 5) is 5.11. The molecule has 0 amide bonds.